The van der Waals surface area contributed by atoms with Crippen molar-refractivity contribution in [3.05, 3.63) is 34.1 Å². The Balaban J connectivity index is 2.43. The lowest BCUT2D eigenvalue weighted by molar-refractivity contribution is 0.596. The van der Waals surface area contributed by atoms with Crippen molar-refractivity contribution in [2.75, 3.05) is 18.6 Å². The summed E-state index contributed by atoms with van der Waals surface area (Å²) in [5.41, 5.74) is 0.898. The molecule has 3 nitrogen and oxygen atoms in total. The normalized spacial score (nSPS) is 11.7. The molecule has 6 heteroatoms. The summed E-state index contributed by atoms with van der Waals surface area (Å²) < 4.78 is 35.2. The van der Waals surface area contributed by atoms with Gasteiger partial charge >= 0.3 is 0 Å². The van der Waals surface area contributed by atoms with E-state index in [0.29, 0.717) is 17.6 Å². The second-order valence-electron chi connectivity index (χ2n) is 3.54. The molecule has 0 saturated heterocycles. The van der Waals surface area contributed by atoms with Gasteiger partial charge in [-0.15, -0.1) is 0 Å². The average Bonchev–Trinajstić information content (AvgIpc) is 2.13. The molecule has 0 aliphatic heterocycles. The van der Waals surface area contributed by atoms with Crippen LogP contribution in [0.3, 0.4) is 0 Å². The van der Waals surface area contributed by atoms with Crippen molar-refractivity contribution in [1.82, 2.24) is 5.32 Å². The van der Waals surface area contributed by atoms with Gasteiger partial charge in [-0.3, -0.25) is 0 Å². The highest BCUT2D eigenvalue weighted by molar-refractivity contribution is 9.10. The number of nitrogens with one attached hydrogen (secondary N) is 1. The first kappa shape index (κ1) is 13.6. The number of benzene rings is 1. The second kappa shape index (κ2) is 5.75. The van der Waals surface area contributed by atoms with Gasteiger partial charge in [-0.25, -0.2) is 12.8 Å². The summed E-state index contributed by atoms with van der Waals surface area (Å²) in [5, 5.41) is 2.99. The second-order valence-corrected chi connectivity index (χ2v) is 6.66. The van der Waals surface area contributed by atoms with Crippen molar-refractivity contribution in [3.8, 4) is 0 Å². The van der Waals surface area contributed by atoms with Crippen LogP contribution in [0.2, 0.25) is 0 Å². The minimum atomic E-state index is -2.93. The molecule has 0 bridgehead atoms. The maximum Gasteiger partial charge on any atom is 0.148 e. The van der Waals surface area contributed by atoms with Gasteiger partial charge in [0.2, 0.25) is 0 Å². The Kier molecular flexibility index (Phi) is 4.89. The third-order valence-corrected chi connectivity index (χ3v) is 3.66. The summed E-state index contributed by atoms with van der Waals surface area (Å²) in [6, 6.07) is 4.42. The zero-order valence-corrected chi connectivity index (χ0v) is 11.2. The molecule has 0 radical (unpaired) electrons. The van der Waals surface area contributed by atoms with Gasteiger partial charge in [-0.2, -0.15) is 0 Å². The summed E-state index contributed by atoms with van der Waals surface area (Å²) in [6.45, 7) is 0.902. The van der Waals surface area contributed by atoms with Crippen molar-refractivity contribution in [3.63, 3.8) is 0 Å². The Morgan fingerprint density at radius 3 is 2.69 bits per heavy atom. The van der Waals surface area contributed by atoms with Crippen LogP contribution in [0.15, 0.2) is 22.7 Å². The van der Waals surface area contributed by atoms with Crippen LogP contribution in [0.25, 0.3) is 0 Å². The van der Waals surface area contributed by atoms with E-state index in [0.717, 1.165) is 5.56 Å². The lowest BCUT2D eigenvalue weighted by atomic mass is 10.2. The average molecular weight is 310 g/mol. The summed E-state index contributed by atoms with van der Waals surface area (Å²) in [6.07, 6.45) is 1.20. The van der Waals surface area contributed by atoms with Gasteiger partial charge in [0.05, 0.1) is 5.75 Å². The Morgan fingerprint density at radius 2 is 2.12 bits per heavy atom. The van der Waals surface area contributed by atoms with Crippen LogP contribution in [0, 0.1) is 5.82 Å². The summed E-state index contributed by atoms with van der Waals surface area (Å²) in [7, 11) is -2.93. The van der Waals surface area contributed by atoms with E-state index in [-0.39, 0.29) is 11.6 Å². The monoisotopic (exact) mass is 309 g/mol. The molecule has 1 aromatic carbocycles. The van der Waals surface area contributed by atoms with Crippen LogP contribution in [-0.2, 0) is 16.4 Å². The highest BCUT2D eigenvalue weighted by Gasteiger charge is 2.03. The minimum Gasteiger partial charge on any atom is -0.312 e. The minimum absolute atomic E-state index is 0.103. The Morgan fingerprint density at radius 1 is 1.44 bits per heavy atom. The van der Waals surface area contributed by atoms with E-state index in [4.69, 9.17) is 0 Å². The van der Waals surface area contributed by atoms with E-state index in [1.54, 1.807) is 6.07 Å². The first-order valence-electron chi connectivity index (χ1n) is 4.71. The first-order valence-corrected chi connectivity index (χ1v) is 7.56. The first-order chi connectivity index (χ1) is 7.38. The number of rotatable bonds is 5. The van der Waals surface area contributed by atoms with E-state index in [2.05, 4.69) is 21.2 Å². The van der Waals surface area contributed by atoms with Crippen LogP contribution in [0.1, 0.15) is 5.56 Å². The molecule has 1 rings (SSSR count). The van der Waals surface area contributed by atoms with Crippen molar-refractivity contribution in [2.24, 2.45) is 0 Å². The van der Waals surface area contributed by atoms with Crippen molar-refractivity contribution in [1.29, 1.82) is 0 Å². The van der Waals surface area contributed by atoms with Crippen molar-refractivity contribution < 1.29 is 12.8 Å². The Labute approximate surface area is 103 Å². The highest BCUT2D eigenvalue weighted by Crippen LogP contribution is 2.17. The fraction of sp³-hybridized carbons (Fsp3) is 0.400. The van der Waals surface area contributed by atoms with E-state index in [1.807, 2.05) is 0 Å². The van der Waals surface area contributed by atoms with Gasteiger partial charge in [0.15, 0.2) is 0 Å². The maximum absolute atomic E-state index is 12.8. The molecular formula is C10H13BrFNO2S. The molecule has 0 aliphatic rings. The van der Waals surface area contributed by atoms with Crippen LogP contribution >= 0.6 is 15.9 Å². The van der Waals surface area contributed by atoms with E-state index in [1.165, 1.54) is 18.4 Å². The van der Waals surface area contributed by atoms with E-state index >= 15 is 0 Å². The van der Waals surface area contributed by atoms with Gasteiger partial charge in [-0.1, -0.05) is 22.0 Å². The SMILES string of the molecule is CS(=O)(=O)CCNCc1ccc(F)cc1Br. The fourth-order valence-electron chi connectivity index (χ4n) is 1.15. The third-order valence-electron chi connectivity index (χ3n) is 1.98. The number of hydrogen-bond donors (Lipinski definition) is 1. The number of sulfone groups is 1. The molecule has 0 aromatic heterocycles. The number of hydrogen-bond acceptors (Lipinski definition) is 3. The van der Waals surface area contributed by atoms with Gasteiger partial charge in [0, 0.05) is 23.8 Å². The predicted molar refractivity (Wildman–Crippen MR) is 65.5 cm³/mol. The summed E-state index contributed by atoms with van der Waals surface area (Å²) in [4.78, 5) is 0. The van der Waals surface area contributed by atoms with Gasteiger partial charge < -0.3 is 5.32 Å². The highest BCUT2D eigenvalue weighted by atomic mass is 79.9. The number of halogens is 2. The Hall–Kier alpha value is -0.460. The predicted octanol–water partition coefficient (Wildman–Crippen LogP) is 1.72. The van der Waals surface area contributed by atoms with Crippen LogP contribution in [-0.4, -0.2) is 27.0 Å². The van der Waals surface area contributed by atoms with Gasteiger partial charge in [0.1, 0.15) is 15.7 Å². The molecule has 16 heavy (non-hydrogen) atoms. The topological polar surface area (TPSA) is 46.2 Å². The van der Waals surface area contributed by atoms with Crippen molar-refractivity contribution >= 4 is 25.8 Å². The molecule has 0 saturated carbocycles. The quantitative estimate of drug-likeness (QED) is 0.843. The van der Waals surface area contributed by atoms with Crippen molar-refractivity contribution in [2.45, 2.75) is 6.54 Å². The van der Waals surface area contributed by atoms with Crippen LogP contribution in [0.5, 0.6) is 0 Å². The Bertz CT molecular complexity index is 462. The standard InChI is InChI=1S/C10H13BrFNO2S/c1-16(14,15)5-4-13-7-8-2-3-9(12)6-10(8)11/h2-3,6,13H,4-5,7H2,1H3. The largest absolute Gasteiger partial charge is 0.312 e. The molecule has 0 atom stereocenters. The molecular weight excluding hydrogens is 297 g/mol. The molecule has 1 aromatic rings. The molecule has 0 unspecified atom stereocenters. The molecule has 0 spiro atoms. The molecule has 90 valence electrons. The van der Waals surface area contributed by atoms with Gasteiger partial charge in [0.25, 0.3) is 0 Å². The lowest BCUT2D eigenvalue weighted by Gasteiger charge is -2.06. The summed E-state index contributed by atoms with van der Waals surface area (Å²) >= 11 is 3.24. The summed E-state index contributed by atoms with van der Waals surface area (Å²) in [5.74, 6) is -0.196. The lowest BCUT2D eigenvalue weighted by Crippen LogP contribution is -2.22. The molecule has 0 amide bonds. The van der Waals surface area contributed by atoms with E-state index in [9.17, 15) is 12.8 Å². The van der Waals surface area contributed by atoms with Crippen LogP contribution < -0.4 is 5.32 Å². The zero-order chi connectivity index (χ0) is 12.2. The van der Waals surface area contributed by atoms with Gasteiger partial charge in [-0.05, 0) is 17.7 Å². The molecule has 1 N–H and O–H groups in total. The zero-order valence-electron chi connectivity index (χ0n) is 8.83. The molecule has 0 fully saturated rings. The maximum atomic E-state index is 12.8. The third kappa shape index (κ3) is 5.05. The molecule has 0 heterocycles. The van der Waals surface area contributed by atoms with E-state index < -0.39 is 9.84 Å². The molecule has 0 aliphatic carbocycles. The van der Waals surface area contributed by atoms with Crippen LogP contribution in [0.4, 0.5) is 4.39 Å². The smallest absolute Gasteiger partial charge is 0.148 e. The fourth-order valence-corrected chi connectivity index (χ4v) is 2.15.